The van der Waals surface area contributed by atoms with E-state index in [2.05, 4.69) is 0 Å². The molecule has 0 amide bonds. The van der Waals surface area contributed by atoms with Gasteiger partial charge in [-0.1, -0.05) is 30.3 Å². The number of aromatic carboxylic acids is 1. The van der Waals surface area contributed by atoms with Gasteiger partial charge in [0, 0.05) is 12.8 Å². The topological polar surface area (TPSA) is 63.6 Å². The highest BCUT2D eigenvalue weighted by Gasteiger charge is 2.12. The fraction of sp³-hybridized carbons (Fsp3) is 0.222. The highest BCUT2D eigenvalue weighted by Crippen LogP contribution is 2.14. The molecule has 4 heteroatoms. The normalized spacial score (nSPS) is 10.2. The average Bonchev–Trinajstić information content (AvgIpc) is 2.53. The third kappa shape index (κ3) is 4.19. The monoisotopic (exact) mass is 298 g/mol. The van der Waals surface area contributed by atoms with E-state index in [4.69, 9.17) is 9.84 Å². The summed E-state index contributed by atoms with van der Waals surface area (Å²) in [6.07, 6.45) is 1.18. The second kappa shape index (κ2) is 7.41. The third-order valence-corrected chi connectivity index (χ3v) is 3.49. The van der Waals surface area contributed by atoms with Gasteiger partial charge in [0.15, 0.2) is 0 Å². The summed E-state index contributed by atoms with van der Waals surface area (Å²) >= 11 is 0. The van der Waals surface area contributed by atoms with Gasteiger partial charge in [0.1, 0.15) is 11.5 Å². The van der Waals surface area contributed by atoms with Crippen molar-refractivity contribution in [2.24, 2.45) is 0 Å². The molecule has 0 atom stereocenters. The van der Waals surface area contributed by atoms with E-state index in [0.29, 0.717) is 18.4 Å². The van der Waals surface area contributed by atoms with Gasteiger partial charge in [-0.3, -0.25) is 4.79 Å². The molecule has 0 aliphatic rings. The maximum atomic E-state index is 12.1. The van der Waals surface area contributed by atoms with Crippen LogP contribution >= 0.6 is 0 Å². The minimum absolute atomic E-state index is 0.0320. The molecule has 0 aliphatic carbocycles. The van der Waals surface area contributed by atoms with E-state index in [1.807, 2.05) is 24.3 Å². The molecule has 0 fully saturated rings. The quantitative estimate of drug-likeness (QED) is 0.853. The molecule has 114 valence electrons. The Morgan fingerprint density at radius 3 is 2.36 bits per heavy atom. The predicted octanol–water partition coefficient (Wildman–Crippen LogP) is 3.14. The van der Waals surface area contributed by atoms with Gasteiger partial charge >= 0.3 is 5.97 Å². The fourth-order valence-electron chi connectivity index (χ4n) is 2.26. The van der Waals surface area contributed by atoms with Crippen LogP contribution in [0, 0.1) is 0 Å². The molecule has 2 aromatic rings. The first-order chi connectivity index (χ1) is 10.6. The largest absolute Gasteiger partial charge is 0.497 e. The lowest BCUT2D eigenvalue weighted by molar-refractivity contribution is -0.118. The van der Waals surface area contributed by atoms with Crippen LogP contribution in [0.25, 0.3) is 0 Å². The zero-order chi connectivity index (χ0) is 15.9. The van der Waals surface area contributed by atoms with Crippen LogP contribution in [0.4, 0.5) is 0 Å². The highest BCUT2D eigenvalue weighted by molar-refractivity contribution is 5.92. The van der Waals surface area contributed by atoms with Gasteiger partial charge in [0.2, 0.25) is 0 Å². The number of carboxylic acid groups (broad SMARTS) is 1. The Hall–Kier alpha value is -2.62. The Kier molecular flexibility index (Phi) is 5.31. The summed E-state index contributed by atoms with van der Waals surface area (Å²) in [5.74, 6) is -0.187. The first-order valence-corrected chi connectivity index (χ1v) is 7.06. The van der Waals surface area contributed by atoms with Gasteiger partial charge < -0.3 is 9.84 Å². The summed E-state index contributed by atoms with van der Waals surface area (Å²) in [4.78, 5) is 23.2. The molecule has 0 saturated carbocycles. The van der Waals surface area contributed by atoms with Gasteiger partial charge in [-0.2, -0.15) is 0 Å². The standard InChI is InChI=1S/C18H18O4/c1-22-16-10-7-13(8-11-16)6-9-15(19)12-14-4-2-3-5-17(14)18(20)21/h2-5,7-8,10-11H,6,9,12H2,1H3,(H,20,21). The third-order valence-electron chi connectivity index (χ3n) is 3.49. The molecule has 0 unspecified atom stereocenters. The summed E-state index contributed by atoms with van der Waals surface area (Å²) in [6, 6.07) is 14.2. The zero-order valence-corrected chi connectivity index (χ0v) is 12.4. The summed E-state index contributed by atoms with van der Waals surface area (Å²) in [7, 11) is 1.61. The molecule has 0 radical (unpaired) electrons. The van der Waals surface area contributed by atoms with Gasteiger partial charge in [-0.25, -0.2) is 4.79 Å². The van der Waals surface area contributed by atoms with E-state index in [1.54, 1.807) is 25.3 Å². The number of ketones is 1. The minimum Gasteiger partial charge on any atom is -0.497 e. The lowest BCUT2D eigenvalue weighted by Gasteiger charge is -2.06. The number of carbonyl (C=O) groups excluding carboxylic acids is 1. The van der Waals surface area contributed by atoms with Gasteiger partial charge in [-0.15, -0.1) is 0 Å². The molecule has 0 saturated heterocycles. The molecule has 1 N–H and O–H groups in total. The Bertz CT molecular complexity index is 659. The van der Waals surface area contributed by atoms with E-state index in [1.165, 1.54) is 6.07 Å². The maximum Gasteiger partial charge on any atom is 0.335 e. The fourth-order valence-corrected chi connectivity index (χ4v) is 2.26. The van der Waals surface area contributed by atoms with Crippen LogP contribution in [0.15, 0.2) is 48.5 Å². The van der Waals surface area contributed by atoms with Gasteiger partial charge in [-0.05, 0) is 35.7 Å². The van der Waals surface area contributed by atoms with Gasteiger partial charge in [0.25, 0.3) is 0 Å². The van der Waals surface area contributed by atoms with E-state index in [-0.39, 0.29) is 17.8 Å². The molecule has 2 rings (SSSR count). The van der Waals surface area contributed by atoms with E-state index in [0.717, 1.165) is 11.3 Å². The number of hydrogen-bond acceptors (Lipinski definition) is 3. The Balaban J connectivity index is 1.94. The Labute approximate surface area is 129 Å². The molecule has 4 nitrogen and oxygen atoms in total. The van der Waals surface area contributed by atoms with Crippen molar-refractivity contribution >= 4 is 11.8 Å². The lowest BCUT2D eigenvalue weighted by Crippen LogP contribution is -2.09. The number of carbonyl (C=O) groups is 2. The number of hydrogen-bond donors (Lipinski definition) is 1. The zero-order valence-electron chi connectivity index (χ0n) is 12.4. The lowest BCUT2D eigenvalue weighted by atomic mass is 9.99. The van der Waals surface area contributed by atoms with Crippen molar-refractivity contribution in [3.63, 3.8) is 0 Å². The summed E-state index contributed by atoms with van der Waals surface area (Å²) in [5, 5.41) is 9.11. The van der Waals surface area contributed by atoms with Crippen LogP contribution in [0.5, 0.6) is 5.75 Å². The van der Waals surface area contributed by atoms with Crippen molar-refractivity contribution < 1.29 is 19.4 Å². The van der Waals surface area contributed by atoms with Crippen LogP contribution in [0.1, 0.15) is 27.9 Å². The van der Waals surface area contributed by atoms with Crippen LogP contribution in [0.3, 0.4) is 0 Å². The van der Waals surface area contributed by atoms with Crippen molar-refractivity contribution in [3.8, 4) is 5.75 Å². The van der Waals surface area contributed by atoms with Crippen molar-refractivity contribution in [3.05, 3.63) is 65.2 Å². The second-order valence-electron chi connectivity index (χ2n) is 5.03. The number of methoxy groups -OCH3 is 1. The SMILES string of the molecule is COc1ccc(CCC(=O)Cc2ccccc2C(=O)O)cc1. The molecular formula is C18H18O4. The first-order valence-electron chi connectivity index (χ1n) is 7.06. The average molecular weight is 298 g/mol. The number of aryl methyl sites for hydroxylation is 1. The molecule has 0 aliphatic heterocycles. The molecular weight excluding hydrogens is 280 g/mol. The van der Waals surface area contributed by atoms with Crippen LogP contribution in [-0.2, 0) is 17.6 Å². The number of ether oxygens (including phenoxy) is 1. The van der Waals surface area contributed by atoms with Crippen molar-refractivity contribution in [1.29, 1.82) is 0 Å². The second-order valence-corrected chi connectivity index (χ2v) is 5.03. The first kappa shape index (κ1) is 15.8. The molecule has 2 aromatic carbocycles. The van der Waals surface area contributed by atoms with E-state index in [9.17, 15) is 9.59 Å². The summed E-state index contributed by atoms with van der Waals surface area (Å²) in [5.41, 5.74) is 1.82. The van der Waals surface area contributed by atoms with E-state index >= 15 is 0 Å². The summed E-state index contributed by atoms with van der Waals surface area (Å²) < 4.78 is 5.09. The number of rotatable bonds is 7. The molecule has 0 bridgehead atoms. The van der Waals surface area contributed by atoms with E-state index < -0.39 is 5.97 Å². The van der Waals surface area contributed by atoms with Gasteiger partial charge in [0.05, 0.1) is 12.7 Å². The maximum absolute atomic E-state index is 12.1. The highest BCUT2D eigenvalue weighted by atomic mass is 16.5. The molecule has 22 heavy (non-hydrogen) atoms. The van der Waals surface area contributed by atoms with Crippen LogP contribution in [-0.4, -0.2) is 24.0 Å². The number of benzene rings is 2. The molecule has 0 heterocycles. The molecule has 0 spiro atoms. The number of carboxylic acids is 1. The summed E-state index contributed by atoms with van der Waals surface area (Å²) in [6.45, 7) is 0. The van der Waals surface area contributed by atoms with Crippen LogP contribution < -0.4 is 4.74 Å². The van der Waals surface area contributed by atoms with Crippen molar-refractivity contribution in [1.82, 2.24) is 0 Å². The smallest absolute Gasteiger partial charge is 0.335 e. The molecule has 0 aromatic heterocycles. The minimum atomic E-state index is -1.00. The van der Waals surface area contributed by atoms with Crippen molar-refractivity contribution in [2.75, 3.05) is 7.11 Å². The predicted molar refractivity (Wildman–Crippen MR) is 83.4 cm³/mol. The number of Topliss-reactive ketones (excluding diaryl/α,β-unsaturated/α-hetero) is 1. The Morgan fingerprint density at radius 1 is 1.05 bits per heavy atom. The van der Waals surface area contributed by atoms with Crippen molar-refractivity contribution in [2.45, 2.75) is 19.3 Å². The van der Waals surface area contributed by atoms with Crippen LogP contribution in [0.2, 0.25) is 0 Å². The Morgan fingerprint density at radius 2 is 1.73 bits per heavy atom.